The van der Waals surface area contributed by atoms with Crippen molar-refractivity contribution in [3.63, 3.8) is 0 Å². The minimum Gasteiger partial charge on any atom is -0.181 e. The van der Waals surface area contributed by atoms with Crippen LogP contribution in [0.3, 0.4) is 0 Å². The Kier molecular flexibility index (Phi) is 1.97. The molecule has 2 nitrogen and oxygen atoms in total. The minimum atomic E-state index is 0.998. The summed E-state index contributed by atoms with van der Waals surface area (Å²) in [5.74, 6) is 0. The largest absolute Gasteiger partial charge is 0.181 e. The lowest BCUT2D eigenvalue weighted by molar-refractivity contribution is 1.09. The lowest BCUT2D eigenvalue weighted by atomic mass is 10.3. The van der Waals surface area contributed by atoms with Crippen molar-refractivity contribution >= 4 is 11.7 Å². The average Bonchev–Trinajstić information content (AvgIpc) is 2.19. The summed E-state index contributed by atoms with van der Waals surface area (Å²) in [5, 5.41) is 0. The lowest BCUT2D eigenvalue weighted by Gasteiger charge is -1.82. The van der Waals surface area contributed by atoms with Crippen LogP contribution in [0.5, 0.6) is 0 Å². The molecule has 0 bridgehead atoms. The lowest BCUT2D eigenvalue weighted by Crippen LogP contribution is -1.74. The molecule has 43 valence electrons. The van der Waals surface area contributed by atoms with Crippen LogP contribution in [0.4, 0.5) is 0 Å². The maximum absolute atomic E-state index is 3.98. The molecule has 1 aromatic rings. The molecule has 0 aliphatic carbocycles. The summed E-state index contributed by atoms with van der Waals surface area (Å²) >= 11 is 1.25. The first-order valence-electron chi connectivity index (χ1n) is 2.54. The first-order chi connectivity index (χ1) is 3.93. The van der Waals surface area contributed by atoms with E-state index in [1.165, 1.54) is 11.7 Å². The Hall–Kier alpha value is -0.440. The van der Waals surface area contributed by atoms with Crippen molar-refractivity contribution in [2.75, 3.05) is 0 Å². The van der Waals surface area contributed by atoms with E-state index >= 15 is 0 Å². The standard InChI is InChI=1S/C5H7N2S/c1-2-3-5-4-6-8-7-5/h3-4H,2H2,1H3. The van der Waals surface area contributed by atoms with Crippen molar-refractivity contribution in [3.8, 4) is 0 Å². The SMILES string of the molecule is CC[CH]c1cnsn1. The second kappa shape index (κ2) is 2.77. The number of nitrogens with zero attached hydrogens (tertiary/aromatic N) is 2. The third-order valence-electron chi connectivity index (χ3n) is 0.792. The van der Waals surface area contributed by atoms with Gasteiger partial charge in [-0.3, -0.25) is 0 Å². The van der Waals surface area contributed by atoms with Crippen molar-refractivity contribution in [1.29, 1.82) is 0 Å². The van der Waals surface area contributed by atoms with E-state index in [4.69, 9.17) is 0 Å². The zero-order valence-electron chi connectivity index (χ0n) is 4.66. The van der Waals surface area contributed by atoms with E-state index in [0.29, 0.717) is 0 Å². The molecule has 8 heavy (non-hydrogen) atoms. The molecule has 1 rings (SSSR count). The highest BCUT2D eigenvalue weighted by Crippen LogP contribution is 2.00. The van der Waals surface area contributed by atoms with Gasteiger partial charge in [-0.25, -0.2) is 0 Å². The Bertz CT molecular complexity index is 136. The van der Waals surface area contributed by atoms with Gasteiger partial charge in [0.2, 0.25) is 0 Å². The molecule has 0 aliphatic heterocycles. The van der Waals surface area contributed by atoms with Crippen LogP contribution in [0.1, 0.15) is 19.0 Å². The van der Waals surface area contributed by atoms with E-state index in [2.05, 4.69) is 15.7 Å². The minimum absolute atomic E-state index is 0.998. The highest BCUT2D eigenvalue weighted by Gasteiger charge is 1.90. The first kappa shape index (κ1) is 5.69. The molecule has 1 aromatic heterocycles. The van der Waals surface area contributed by atoms with Gasteiger partial charge in [-0.2, -0.15) is 8.75 Å². The second-order valence-electron chi connectivity index (χ2n) is 1.44. The number of rotatable bonds is 2. The zero-order chi connectivity index (χ0) is 5.82. The summed E-state index contributed by atoms with van der Waals surface area (Å²) in [5.41, 5.74) is 0.998. The van der Waals surface area contributed by atoms with Crippen LogP contribution >= 0.6 is 11.7 Å². The Labute approximate surface area is 52.9 Å². The van der Waals surface area contributed by atoms with Crippen LogP contribution in [0, 0.1) is 6.42 Å². The Balaban J connectivity index is 2.50. The topological polar surface area (TPSA) is 25.8 Å². The maximum atomic E-state index is 3.98. The molecule has 0 aromatic carbocycles. The van der Waals surface area contributed by atoms with Gasteiger partial charge in [0.15, 0.2) is 0 Å². The molecule has 1 radical (unpaired) electrons. The Morgan fingerprint density at radius 3 is 3.25 bits per heavy atom. The van der Waals surface area contributed by atoms with Gasteiger partial charge in [0, 0.05) is 6.42 Å². The van der Waals surface area contributed by atoms with Crippen LogP contribution < -0.4 is 0 Å². The van der Waals surface area contributed by atoms with Crippen LogP contribution in [0.25, 0.3) is 0 Å². The van der Waals surface area contributed by atoms with Crippen LogP contribution in [-0.2, 0) is 0 Å². The van der Waals surface area contributed by atoms with Crippen molar-refractivity contribution in [2.24, 2.45) is 0 Å². The fraction of sp³-hybridized carbons (Fsp3) is 0.400. The maximum Gasteiger partial charge on any atom is 0.0780 e. The molecule has 0 fully saturated rings. The predicted octanol–water partition coefficient (Wildman–Crippen LogP) is 1.50. The molecule has 0 aliphatic rings. The second-order valence-corrected chi connectivity index (χ2v) is 2.00. The van der Waals surface area contributed by atoms with E-state index in [0.717, 1.165) is 12.1 Å². The molecule has 0 unspecified atom stereocenters. The fourth-order valence-corrected chi connectivity index (χ4v) is 0.889. The fourth-order valence-electron chi connectivity index (χ4n) is 0.471. The van der Waals surface area contributed by atoms with Gasteiger partial charge in [0.1, 0.15) is 0 Å². The summed E-state index contributed by atoms with van der Waals surface area (Å²) in [4.78, 5) is 0. The zero-order valence-corrected chi connectivity index (χ0v) is 5.48. The summed E-state index contributed by atoms with van der Waals surface area (Å²) in [7, 11) is 0. The molecule has 0 atom stereocenters. The van der Waals surface area contributed by atoms with Gasteiger partial charge in [0.05, 0.1) is 23.6 Å². The van der Waals surface area contributed by atoms with E-state index in [1.54, 1.807) is 6.20 Å². The van der Waals surface area contributed by atoms with Crippen molar-refractivity contribution in [1.82, 2.24) is 8.75 Å². The van der Waals surface area contributed by atoms with Crippen LogP contribution in [0.15, 0.2) is 6.20 Å². The Morgan fingerprint density at radius 1 is 1.88 bits per heavy atom. The summed E-state index contributed by atoms with van der Waals surface area (Å²) in [6, 6.07) is 0. The molecule has 0 saturated heterocycles. The van der Waals surface area contributed by atoms with Crippen molar-refractivity contribution in [2.45, 2.75) is 13.3 Å². The van der Waals surface area contributed by atoms with Crippen molar-refractivity contribution in [3.05, 3.63) is 18.3 Å². The molecule has 1 heterocycles. The number of hydrogen-bond acceptors (Lipinski definition) is 3. The molecule has 3 heteroatoms. The quantitative estimate of drug-likeness (QED) is 0.601. The van der Waals surface area contributed by atoms with E-state index in [9.17, 15) is 0 Å². The summed E-state index contributed by atoms with van der Waals surface area (Å²) in [6.07, 6.45) is 4.85. The third kappa shape index (κ3) is 1.26. The monoisotopic (exact) mass is 127 g/mol. The van der Waals surface area contributed by atoms with Gasteiger partial charge in [-0.05, 0) is 6.42 Å². The first-order valence-corrected chi connectivity index (χ1v) is 3.27. The summed E-state index contributed by atoms with van der Waals surface area (Å²) < 4.78 is 7.82. The molecule has 0 amide bonds. The Morgan fingerprint density at radius 2 is 2.75 bits per heavy atom. The van der Waals surface area contributed by atoms with E-state index in [-0.39, 0.29) is 0 Å². The van der Waals surface area contributed by atoms with Crippen LogP contribution in [0.2, 0.25) is 0 Å². The van der Waals surface area contributed by atoms with E-state index < -0.39 is 0 Å². The van der Waals surface area contributed by atoms with Crippen molar-refractivity contribution < 1.29 is 0 Å². The average molecular weight is 127 g/mol. The molecule has 0 saturated carbocycles. The number of hydrogen-bond donors (Lipinski definition) is 0. The molecular weight excluding hydrogens is 120 g/mol. The summed E-state index contributed by atoms with van der Waals surface area (Å²) in [6.45, 7) is 2.08. The number of aromatic nitrogens is 2. The van der Waals surface area contributed by atoms with Crippen LogP contribution in [-0.4, -0.2) is 8.75 Å². The van der Waals surface area contributed by atoms with Gasteiger partial charge in [0.25, 0.3) is 0 Å². The third-order valence-corrected chi connectivity index (χ3v) is 1.28. The molecule has 0 N–H and O–H groups in total. The van der Waals surface area contributed by atoms with Gasteiger partial charge >= 0.3 is 0 Å². The highest BCUT2D eigenvalue weighted by molar-refractivity contribution is 6.99. The highest BCUT2D eigenvalue weighted by atomic mass is 32.1. The smallest absolute Gasteiger partial charge is 0.0780 e. The normalized spacial score (nSPS) is 9.62. The molecule has 0 spiro atoms. The van der Waals surface area contributed by atoms with Gasteiger partial charge < -0.3 is 0 Å². The van der Waals surface area contributed by atoms with Gasteiger partial charge in [-0.1, -0.05) is 6.92 Å². The van der Waals surface area contributed by atoms with E-state index in [1.807, 2.05) is 6.42 Å². The molecular formula is C5H7N2S. The predicted molar refractivity (Wildman–Crippen MR) is 33.6 cm³/mol. The van der Waals surface area contributed by atoms with Gasteiger partial charge in [-0.15, -0.1) is 0 Å².